The number of aliphatic hydroxyl groups is 1. The molecule has 2 aliphatic rings. The van der Waals surface area contributed by atoms with Crippen LogP contribution in [0.15, 0.2) is 0 Å². The first-order valence-corrected chi connectivity index (χ1v) is 7.04. The average Bonchev–Trinajstić information content (AvgIpc) is 2.25. The molecule has 104 valence electrons. The monoisotopic (exact) mass is 255 g/mol. The molecule has 4 nitrogen and oxygen atoms in total. The van der Waals surface area contributed by atoms with Crippen LogP contribution in [-0.2, 0) is 4.74 Å². The molecule has 1 heterocycles. The number of hydrogen-bond acceptors (Lipinski definition) is 3. The Balaban J connectivity index is 2.04. The summed E-state index contributed by atoms with van der Waals surface area (Å²) in [5.41, 5.74) is -0.447. The van der Waals surface area contributed by atoms with E-state index >= 15 is 0 Å². The van der Waals surface area contributed by atoms with Crippen molar-refractivity contribution in [2.45, 2.75) is 70.6 Å². The minimum Gasteiger partial charge on any atom is -0.444 e. The lowest BCUT2D eigenvalue weighted by Crippen LogP contribution is -2.53. The van der Waals surface area contributed by atoms with Gasteiger partial charge in [0.1, 0.15) is 5.60 Å². The minimum atomic E-state index is -0.447. The fourth-order valence-corrected chi connectivity index (χ4v) is 3.14. The first-order chi connectivity index (χ1) is 8.37. The summed E-state index contributed by atoms with van der Waals surface area (Å²) in [6.45, 7) is 6.44. The Labute approximate surface area is 109 Å². The number of rotatable bonds is 0. The molecule has 0 radical (unpaired) electrons. The fraction of sp³-hybridized carbons (Fsp3) is 0.929. The molecule has 0 bridgehead atoms. The zero-order valence-corrected chi connectivity index (χ0v) is 11.7. The van der Waals surface area contributed by atoms with Crippen LogP contribution in [0, 0.1) is 5.92 Å². The van der Waals surface area contributed by atoms with Crippen molar-refractivity contribution in [1.82, 2.24) is 4.90 Å². The molecule has 18 heavy (non-hydrogen) atoms. The van der Waals surface area contributed by atoms with Crippen molar-refractivity contribution in [2.24, 2.45) is 5.92 Å². The van der Waals surface area contributed by atoms with Crippen molar-refractivity contribution >= 4 is 6.09 Å². The van der Waals surface area contributed by atoms with E-state index in [0.29, 0.717) is 12.3 Å². The van der Waals surface area contributed by atoms with E-state index < -0.39 is 5.60 Å². The number of carbonyl (C=O) groups is 1. The number of aliphatic hydroxyl groups excluding tert-OH is 1. The van der Waals surface area contributed by atoms with Crippen LogP contribution < -0.4 is 0 Å². The summed E-state index contributed by atoms with van der Waals surface area (Å²) >= 11 is 0. The van der Waals surface area contributed by atoms with E-state index in [1.807, 2.05) is 25.7 Å². The van der Waals surface area contributed by atoms with Gasteiger partial charge in [-0.2, -0.15) is 0 Å². The molecule has 0 aromatic heterocycles. The molecule has 2 rings (SSSR count). The quantitative estimate of drug-likeness (QED) is 0.723. The van der Waals surface area contributed by atoms with E-state index in [-0.39, 0.29) is 18.2 Å². The van der Waals surface area contributed by atoms with Crippen molar-refractivity contribution in [1.29, 1.82) is 0 Å². The highest BCUT2D eigenvalue weighted by Crippen LogP contribution is 2.36. The normalized spacial score (nSPS) is 32.9. The van der Waals surface area contributed by atoms with E-state index in [1.165, 1.54) is 6.42 Å². The van der Waals surface area contributed by atoms with Gasteiger partial charge in [0.15, 0.2) is 0 Å². The molecule has 1 amide bonds. The summed E-state index contributed by atoms with van der Waals surface area (Å²) in [4.78, 5) is 14.0. The van der Waals surface area contributed by atoms with Crippen molar-refractivity contribution in [3.8, 4) is 0 Å². The molecule has 1 saturated heterocycles. The first-order valence-electron chi connectivity index (χ1n) is 7.04. The third-order valence-corrected chi connectivity index (χ3v) is 3.93. The van der Waals surface area contributed by atoms with Crippen LogP contribution in [0.25, 0.3) is 0 Å². The maximum Gasteiger partial charge on any atom is 0.410 e. The Bertz CT molecular complexity index is 311. The average molecular weight is 255 g/mol. The van der Waals surface area contributed by atoms with E-state index in [1.54, 1.807) is 0 Å². The fourth-order valence-electron chi connectivity index (χ4n) is 3.14. The van der Waals surface area contributed by atoms with Crippen LogP contribution in [0.4, 0.5) is 4.79 Å². The first kappa shape index (κ1) is 13.7. The number of carbonyl (C=O) groups excluding carboxylic acids is 1. The van der Waals surface area contributed by atoms with Gasteiger partial charge in [-0.05, 0) is 58.8 Å². The number of ether oxygens (including phenoxy) is 1. The summed E-state index contributed by atoms with van der Waals surface area (Å²) in [5.74, 6) is 0.551. The van der Waals surface area contributed by atoms with Crippen LogP contribution in [0.2, 0.25) is 0 Å². The molecule has 3 unspecified atom stereocenters. The molecule has 0 aromatic rings. The molecule has 0 aromatic carbocycles. The molecule has 0 spiro atoms. The second-order valence-electron chi connectivity index (χ2n) is 6.61. The SMILES string of the molecule is CC(C)(C)OC(=O)N1CCCC2CCC(O)CC21. The van der Waals surface area contributed by atoms with E-state index in [2.05, 4.69) is 0 Å². The number of nitrogens with zero attached hydrogens (tertiary/aromatic N) is 1. The van der Waals surface area contributed by atoms with Crippen molar-refractivity contribution in [2.75, 3.05) is 6.54 Å². The van der Waals surface area contributed by atoms with Gasteiger partial charge in [-0.25, -0.2) is 4.79 Å². The third-order valence-electron chi connectivity index (χ3n) is 3.93. The second-order valence-corrected chi connectivity index (χ2v) is 6.61. The highest BCUT2D eigenvalue weighted by atomic mass is 16.6. The standard InChI is InChI=1S/C14H25NO3/c1-14(2,3)18-13(17)15-8-4-5-10-6-7-11(16)9-12(10)15/h10-12,16H,4-9H2,1-3H3. The highest BCUT2D eigenvalue weighted by molar-refractivity contribution is 5.68. The number of fused-ring (bicyclic) bond motifs is 1. The number of piperidine rings is 1. The zero-order chi connectivity index (χ0) is 13.3. The second kappa shape index (κ2) is 5.08. The maximum atomic E-state index is 12.2. The summed E-state index contributed by atoms with van der Waals surface area (Å²) in [6.07, 6.45) is 4.38. The number of amides is 1. The minimum absolute atomic E-state index is 0.178. The predicted octanol–water partition coefficient (Wildman–Crippen LogP) is 2.55. The lowest BCUT2D eigenvalue weighted by molar-refractivity contribution is -0.0256. The van der Waals surface area contributed by atoms with E-state index in [0.717, 1.165) is 25.8 Å². The zero-order valence-electron chi connectivity index (χ0n) is 11.7. The summed E-state index contributed by atoms with van der Waals surface area (Å²) in [6, 6.07) is 0.178. The third kappa shape index (κ3) is 3.16. The Morgan fingerprint density at radius 3 is 2.67 bits per heavy atom. The van der Waals surface area contributed by atoms with E-state index in [9.17, 15) is 9.90 Å². The molecule has 3 atom stereocenters. The molecule has 1 aliphatic heterocycles. The smallest absolute Gasteiger partial charge is 0.410 e. The van der Waals surface area contributed by atoms with Crippen LogP contribution in [0.1, 0.15) is 52.9 Å². The van der Waals surface area contributed by atoms with E-state index in [4.69, 9.17) is 4.74 Å². The Morgan fingerprint density at radius 1 is 1.28 bits per heavy atom. The van der Waals surface area contributed by atoms with Crippen molar-refractivity contribution in [3.05, 3.63) is 0 Å². The predicted molar refractivity (Wildman–Crippen MR) is 69.3 cm³/mol. The molecule has 1 saturated carbocycles. The number of likely N-dealkylation sites (tertiary alicyclic amines) is 1. The molecular weight excluding hydrogens is 230 g/mol. The van der Waals surface area contributed by atoms with Gasteiger partial charge in [-0.15, -0.1) is 0 Å². The van der Waals surface area contributed by atoms with Gasteiger partial charge in [0.25, 0.3) is 0 Å². The molecule has 2 fully saturated rings. The van der Waals surface area contributed by atoms with Crippen molar-refractivity contribution < 1.29 is 14.6 Å². The van der Waals surface area contributed by atoms with Crippen LogP contribution in [0.3, 0.4) is 0 Å². The molecule has 1 aliphatic carbocycles. The van der Waals surface area contributed by atoms with Gasteiger partial charge in [0.05, 0.1) is 6.10 Å². The van der Waals surface area contributed by atoms with Crippen LogP contribution >= 0.6 is 0 Å². The Morgan fingerprint density at radius 2 is 2.00 bits per heavy atom. The van der Waals surface area contributed by atoms with Gasteiger partial charge < -0.3 is 14.7 Å². The van der Waals surface area contributed by atoms with Crippen LogP contribution in [-0.4, -0.2) is 40.4 Å². The summed E-state index contributed by atoms with van der Waals surface area (Å²) in [5, 5.41) is 9.80. The Kier molecular flexibility index (Phi) is 3.85. The highest BCUT2D eigenvalue weighted by Gasteiger charge is 2.39. The lowest BCUT2D eigenvalue weighted by Gasteiger charge is -2.45. The molecule has 1 N–H and O–H groups in total. The topological polar surface area (TPSA) is 49.8 Å². The summed E-state index contributed by atoms with van der Waals surface area (Å²) in [7, 11) is 0. The van der Waals surface area contributed by atoms with Gasteiger partial charge in [0.2, 0.25) is 0 Å². The Hall–Kier alpha value is -0.770. The maximum absolute atomic E-state index is 12.2. The molecule has 4 heteroatoms. The van der Waals surface area contributed by atoms with Gasteiger partial charge in [0, 0.05) is 12.6 Å². The molecular formula is C14H25NO3. The van der Waals surface area contributed by atoms with Crippen molar-refractivity contribution in [3.63, 3.8) is 0 Å². The largest absolute Gasteiger partial charge is 0.444 e. The van der Waals surface area contributed by atoms with Gasteiger partial charge in [-0.3, -0.25) is 0 Å². The lowest BCUT2D eigenvalue weighted by atomic mass is 9.77. The van der Waals surface area contributed by atoms with Crippen LogP contribution in [0.5, 0.6) is 0 Å². The summed E-state index contributed by atoms with van der Waals surface area (Å²) < 4.78 is 5.47. The van der Waals surface area contributed by atoms with Gasteiger partial charge in [-0.1, -0.05) is 0 Å². The van der Waals surface area contributed by atoms with Gasteiger partial charge >= 0.3 is 6.09 Å². The number of hydrogen-bond donors (Lipinski definition) is 1.